The largest absolute Gasteiger partial charge is 0.344 e. The molecule has 0 saturated carbocycles. The summed E-state index contributed by atoms with van der Waals surface area (Å²) < 4.78 is 0. The Labute approximate surface area is 92.2 Å². The molecular weight excluding hydrogens is 210 g/mol. The lowest BCUT2D eigenvalue weighted by Gasteiger charge is -2.08. The first-order chi connectivity index (χ1) is 7.54. The van der Waals surface area contributed by atoms with Crippen LogP contribution in [0.3, 0.4) is 0 Å². The molecule has 0 radical (unpaired) electrons. The first-order valence-corrected chi connectivity index (χ1v) is 4.53. The van der Waals surface area contributed by atoms with Crippen molar-refractivity contribution in [2.24, 2.45) is 5.29 Å². The van der Waals surface area contributed by atoms with Crippen LogP contribution in [0, 0.1) is 4.91 Å². The molecule has 0 fully saturated rings. The maximum absolute atomic E-state index is 11.2. The predicted octanol–water partition coefficient (Wildman–Crippen LogP) is 2.03. The topological polar surface area (TPSA) is 78.8 Å². The van der Waals surface area contributed by atoms with Gasteiger partial charge in [0.1, 0.15) is 0 Å². The average Bonchev–Trinajstić information content (AvgIpc) is 2.28. The number of nitrogens with zero attached hydrogens (tertiary/aromatic N) is 2. The van der Waals surface area contributed by atoms with Crippen LogP contribution in [-0.2, 0) is 0 Å². The molecule has 0 unspecified atom stereocenters. The molecule has 0 aliphatic carbocycles. The van der Waals surface area contributed by atoms with Crippen molar-refractivity contribution in [3.63, 3.8) is 0 Å². The molecule has 0 aromatic heterocycles. The third-order valence-electron chi connectivity index (χ3n) is 1.96. The molecule has 1 aromatic rings. The summed E-state index contributed by atoms with van der Waals surface area (Å²) in [6, 6.07) is 5.70. The number of ketones is 1. The number of carbonyl (C=O) groups is 2. The first kappa shape index (κ1) is 11.8. The Hall–Kier alpha value is -2.24. The van der Waals surface area contributed by atoms with Crippen molar-refractivity contribution >= 4 is 17.5 Å². The van der Waals surface area contributed by atoms with Gasteiger partial charge in [0.05, 0.1) is 5.29 Å². The van der Waals surface area contributed by atoms with Gasteiger partial charge in [0.2, 0.25) is 0 Å². The summed E-state index contributed by atoms with van der Waals surface area (Å²) in [5, 5.41) is 5.53. The van der Waals surface area contributed by atoms with Crippen LogP contribution >= 0.6 is 0 Å². The number of benzene rings is 1. The SMILES string of the molecule is CC(=O)c1ccc(NC(=O)N(C)N=O)cc1. The molecular formula is C10H11N3O3. The minimum Gasteiger partial charge on any atom is -0.306 e. The molecule has 16 heavy (non-hydrogen) atoms. The summed E-state index contributed by atoms with van der Waals surface area (Å²) in [5.74, 6) is -0.0513. The van der Waals surface area contributed by atoms with Crippen LogP contribution in [0.4, 0.5) is 10.5 Å². The summed E-state index contributed by atoms with van der Waals surface area (Å²) >= 11 is 0. The Balaban J connectivity index is 2.72. The van der Waals surface area contributed by atoms with Gasteiger partial charge in [-0.1, -0.05) is 0 Å². The fourth-order valence-electron chi connectivity index (χ4n) is 1.03. The second-order valence-electron chi connectivity index (χ2n) is 3.17. The van der Waals surface area contributed by atoms with E-state index in [1.165, 1.54) is 14.0 Å². The third-order valence-corrected chi connectivity index (χ3v) is 1.96. The maximum atomic E-state index is 11.2. The van der Waals surface area contributed by atoms with Gasteiger partial charge in [-0.2, -0.15) is 5.01 Å². The van der Waals surface area contributed by atoms with E-state index < -0.39 is 6.03 Å². The fourth-order valence-corrected chi connectivity index (χ4v) is 1.03. The van der Waals surface area contributed by atoms with Crippen LogP contribution in [0.5, 0.6) is 0 Å². The summed E-state index contributed by atoms with van der Waals surface area (Å²) in [5.41, 5.74) is 1.05. The smallest absolute Gasteiger partial charge is 0.306 e. The van der Waals surface area contributed by atoms with Crippen LogP contribution < -0.4 is 5.32 Å². The lowest BCUT2D eigenvalue weighted by atomic mass is 10.1. The standard InChI is InChI=1S/C10H11N3O3/c1-7(14)8-3-5-9(6-4-8)11-10(15)13(2)12-16/h3-6H,1-2H3,(H,11,15). The zero-order chi connectivity index (χ0) is 12.1. The molecule has 1 aromatic carbocycles. The minimum atomic E-state index is -0.634. The lowest BCUT2D eigenvalue weighted by Crippen LogP contribution is -2.26. The molecule has 1 N–H and O–H groups in total. The van der Waals surface area contributed by atoms with Crippen LogP contribution in [0.2, 0.25) is 0 Å². The number of hydrogen-bond acceptors (Lipinski definition) is 4. The Morgan fingerprint density at radius 2 is 1.81 bits per heavy atom. The highest BCUT2D eigenvalue weighted by Crippen LogP contribution is 2.10. The number of rotatable bonds is 3. The van der Waals surface area contributed by atoms with E-state index >= 15 is 0 Å². The van der Waals surface area contributed by atoms with Gasteiger partial charge in [-0.05, 0) is 31.2 Å². The summed E-state index contributed by atoms with van der Waals surface area (Å²) in [7, 11) is 1.24. The third kappa shape index (κ3) is 2.88. The second-order valence-corrected chi connectivity index (χ2v) is 3.17. The molecule has 0 spiro atoms. The highest BCUT2D eigenvalue weighted by molar-refractivity contribution is 5.95. The Morgan fingerprint density at radius 1 is 1.25 bits per heavy atom. The molecule has 0 atom stereocenters. The van der Waals surface area contributed by atoms with Gasteiger partial charge in [-0.25, -0.2) is 4.79 Å². The fraction of sp³-hybridized carbons (Fsp3) is 0.200. The average molecular weight is 221 g/mol. The zero-order valence-corrected chi connectivity index (χ0v) is 8.93. The number of carbonyl (C=O) groups excluding carboxylic acids is 2. The Morgan fingerprint density at radius 3 is 2.25 bits per heavy atom. The van der Waals surface area contributed by atoms with Gasteiger partial charge in [-0.3, -0.25) is 4.79 Å². The van der Waals surface area contributed by atoms with Crippen LogP contribution in [-0.4, -0.2) is 23.9 Å². The van der Waals surface area contributed by atoms with Gasteiger partial charge in [0.15, 0.2) is 5.78 Å². The van der Waals surface area contributed by atoms with Crippen molar-refractivity contribution in [2.45, 2.75) is 6.92 Å². The highest BCUT2D eigenvalue weighted by Gasteiger charge is 2.08. The predicted molar refractivity (Wildman–Crippen MR) is 59.0 cm³/mol. The number of nitrogens with one attached hydrogen (secondary N) is 1. The number of Topliss-reactive ketones (excluding diaryl/α,β-unsaturated/α-hetero) is 1. The highest BCUT2D eigenvalue weighted by atomic mass is 16.3. The summed E-state index contributed by atoms with van der Waals surface area (Å²) in [6.45, 7) is 1.46. The molecule has 0 saturated heterocycles. The van der Waals surface area contributed by atoms with Crippen molar-refractivity contribution in [3.05, 3.63) is 34.7 Å². The van der Waals surface area contributed by atoms with Crippen LogP contribution in [0.25, 0.3) is 0 Å². The van der Waals surface area contributed by atoms with Gasteiger partial charge in [0.25, 0.3) is 0 Å². The number of urea groups is 1. The van der Waals surface area contributed by atoms with E-state index in [1.54, 1.807) is 24.3 Å². The van der Waals surface area contributed by atoms with Crippen molar-refractivity contribution in [1.82, 2.24) is 5.01 Å². The van der Waals surface area contributed by atoms with Crippen LogP contribution in [0.1, 0.15) is 17.3 Å². The molecule has 0 aliphatic rings. The van der Waals surface area contributed by atoms with Crippen molar-refractivity contribution in [1.29, 1.82) is 0 Å². The minimum absolute atomic E-state index is 0.0513. The Kier molecular flexibility index (Phi) is 3.71. The molecule has 6 heteroatoms. The number of anilines is 1. The number of amides is 2. The summed E-state index contributed by atoms with van der Waals surface area (Å²) in [6.07, 6.45) is 0. The Bertz CT molecular complexity index is 414. The van der Waals surface area contributed by atoms with Crippen molar-refractivity contribution in [3.8, 4) is 0 Å². The number of hydrogen-bond donors (Lipinski definition) is 1. The van der Waals surface area contributed by atoms with E-state index in [-0.39, 0.29) is 5.78 Å². The quantitative estimate of drug-likeness (QED) is 0.482. The second kappa shape index (κ2) is 5.01. The molecule has 0 bridgehead atoms. The van der Waals surface area contributed by atoms with Crippen LogP contribution in [0.15, 0.2) is 29.6 Å². The number of nitroso groups, excluding NO2 is 1. The first-order valence-electron chi connectivity index (χ1n) is 4.53. The molecule has 6 nitrogen and oxygen atoms in total. The zero-order valence-electron chi connectivity index (χ0n) is 8.93. The molecule has 1 rings (SSSR count). The van der Waals surface area contributed by atoms with E-state index in [0.717, 1.165) is 0 Å². The van der Waals surface area contributed by atoms with Gasteiger partial charge in [-0.15, -0.1) is 4.91 Å². The van der Waals surface area contributed by atoms with Crippen molar-refractivity contribution < 1.29 is 9.59 Å². The van der Waals surface area contributed by atoms with E-state index in [1.807, 2.05) is 0 Å². The summed E-state index contributed by atoms with van der Waals surface area (Å²) in [4.78, 5) is 32.2. The van der Waals surface area contributed by atoms with E-state index in [2.05, 4.69) is 10.6 Å². The normalized spacial score (nSPS) is 9.38. The van der Waals surface area contributed by atoms with E-state index in [4.69, 9.17) is 0 Å². The lowest BCUT2D eigenvalue weighted by molar-refractivity contribution is 0.101. The van der Waals surface area contributed by atoms with Gasteiger partial charge >= 0.3 is 6.03 Å². The van der Waals surface area contributed by atoms with E-state index in [0.29, 0.717) is 16.3 Å². The van der Waals surface area contributed by atoms with Gasteiger partial charge in [0, 0.05) is 18.3 Å². The van der Waals surface area contributed by atoms with Gasteiger partial charge < -0.3 is 5.32 Å². The molecule has 0 heterocycles. The molecule has 0 aliphatic heterocycles. The van der Waals surface area contributed by atoms with Crippen molar-refractivity contribution in [2.75, 3.05) is 12.4 Å². The van der Waals surface area contributed by atoms with E-state index in [9.17, 15) is 14.5 Å². The monoisotopic (exact) mass is 221 g/mol. The molecule has 84 valence electrons. The molecule has 2 amide bonds. The maximum Gasteiger partial charge on any atom is 0.344 e.